The minimum absolute atomic E-state index is 0.107. The average molecular weight is 337 g/mol. The number of pyridine rings is 1. The van der Waals surface area contributed by atoms with E-state index in [-0.39, 0.29) is 12.0 Å². The highest BCUT2D eigenvalue weighted by Gasteiger charge is 2.16. The van der Waals surface area contributed by atoms with Crippen LogP contribution in [0.25, 0.3) is 21.9 Å². The molecular formula is C21H20FNO2. The van der Waals surface area contributed by atoms with Crippen LogP contribution in [0.5, 0.6) is 0 Å². The van der Waals surface area contributed by atoms with Crippen molar-refractivity contribution in [2.24, 2.45) is 7.05 Å². The van der Waals surface area contributed by atoms with Crippen LogP contribution in [0.4, 0.5) is 4.39 Å². The monoisotopic (exact) mass is 337 g/mol. The number of halogens is 1. The number of nitrogens with zero attached hydrogens (tertiary/aromatic N) is 1. The van der Waals surface area contributed by atoms with Crippen molar-refractivity contribution in [2.45, 2.75) is 19.8 Å². The molecule has 0 amide bonds. The molecule has 0 atom stereocenters. The van der Waals surface area contributed by atoms with Gasteiger partial charge in [-0.3, -0.25) is 9.18 Å². The molecule has 0 radical (unpaired) electrons. The van der Waals surface area contributed by atoms with Crippen LogP contribution in [0.1, 0.15) is 16.8 Å². The lowest BCUT2D eigenvalue weighted by Gasteiger charge is -2.17. The number of aldehydes is 1. The number of rotatable bonds is 5. The van der Waals surface area contributed by atoms with Crippen molar-refractivity contribution < 1.29 is 9.18 Å². The largest absolute Gasteiger partial charge is 0.314 e. The maximum atomic E-state index is 12.7. The van der Waals surface area contributed by atoms with Gasteiger partial charge in [0.1, 0.15) is 6.29 Å². The molecule has 4 heteroatoms. The molecule has 0 aliphatic carbocycles. The van der Waals surface area contributed by atoms with Crippen LogP contribution in [0.2, 0.25) is 0 Å². The Morgan fingerprint density at radius 2 is 1.80 bits per heavy atom. The molecule has 0 unspecified atom stereocenters. The van der Waals surface area contributed by atoms with E-state index in [1.54, 1.807) is 11.6 Å². The highest BCUT2D eigenvalue weighted by molar-refractivity contribution is 5.98. The van der Waals surface area contributed by atoms with Crippen LogP contribution in [0.3, 0.4) is 0 Å². The zero-order valence-electron chi connectivity index (χ0n) is 14.4. The van der Waals surface area contributed by atoms with Gasteiger partial charge in [0, 0.05) is 36.5 Å². The number of benzene rings is 2. The van der Waals surface area contributed by atoms with E-state index in [0.29, 0.717) is 17.5 Å². The Balaban J connectivity index is 2.36. The van der Waals surface area contributed by atoms with Crippen LogP contribution in [0.15, 0.2) is 47.3 Å². The van der Waals surface area contributed by atoms with Gasteiger partial charge >= 0.3 is 0 Å². The zero-order valence-corrected chi connectivity index (χ0v) is 14.4. The quantitative estimate of drug-likeness (QED) is 0.665. The van der Waals surface area contributed by atoms with Crippen LogP contribution in [-0.2, 0) is 24.7 Å². The number of aryl methyl sites for hydroxylation is 2. The summed E-state index contributed by atoms with van der Waals surface area (Å²) in [7, 11) is 1.70. The highest BCUT2D eigenvalue weighted by atomic mass is 19.1. The number of hydrogen-bond acceptors (Lipinski definition) is 2. The maximum absolute atomic E-state index is 12.7. The first kappa shape index (κ1) is 17.1. The minimum atomic E-state index is -0.391. The second-order valence-corrected chi connectivity index (χ2v) is 6.24. The standard InChI is InChI=1S/C21H20FNO2/c1-14-3-8-17-18(13-14)20(19(10-12-24)23(2)21(17)25)16-6-4-15(5-7-16)9-11-22/h3-8,12-13H,9-11H2,1-2H3. The van der Waals surface area contributed by atoms with E-state index in [2.05, 4.69) is 0 Å². The number of carbonyl (C=O) groups excluding carboxylic acids is 1. The van der Waals surface area contributed by atoms with Gasteiger partial charge in [-0.15, -0.1) is 0 Å². The summed E-state index contributed by atoms with van der Waals surface area (Å²) in [6.07, 6.45) is 1.36. The Morgan fingerprint density at radius 1 is 1.08 bits per heavy atom. The number of fused-ring (bicyclic) bond motifs is 1. The molecule has 0 N–H and O–H groups in total. The van der Waals surface area contributed by atoms with Crippen LogP contribution < -0.4 is 5.56 Å². The lowest BCUT2D eigenvalue weighted by atomic mass is 9.94. The molecule has 0 fully saturated rings. The Labute approximate surface area is 145 Å². The van der Waals surface area contributed by atoms with Gasteiger partial charge < -0.3 is 9.36 Å². The first-order valence-corrected chi connectivity index (χ1v) is 8.28. The van der Waals surface area contributed by atoms with Crippen molar-refractivity contribution in [1.82, 2.24) is 4.57 Å². The number of alkyl halides is 1. The average Bonchev–Trinajstić information content (AvgIpc) is 2.61. The fraction of sp³-hybridized carbons (Fsp3) is 0.238. The zero-order chi connectivity index (χ0) is 18.0. The molecule has 0 bridgehead atoms. The fourth-order valence-corrected chi connectivity index (χ4v) is 3.27. The van der Waals surface area contributed by atoms with Crippen molar-refractivity contribution in [3.8, 4) is 11.1 Å². The summed E-state index contributed by atoms with van der Waals surface area (Å²) in [6, 6.07) is 13.4. The van der Waals surface area contributed by atoms with E-state index >= 15 is 0 Å². The van der Waals surface area contributed by atoms with Crippen molar-refractivity contribution in [1.29, 1.82) is 0 Å². The molecule has 0 spiro atoms. The first-order valence-electron chi connectivity index (χ1n) is 8.28. The number of carbonyl (C=O) groups is 1. The van der Waals surface area contributed by atoms with Gasteiger partial charge in [0.2, 0.25) is 0 Å². The summed E-state index contributed by atoms with van der Waals surface area (Å²) in [6.45, 7) is 1.59. The smallest absolute Gasteiger partial charge is 0.258 e. The molecule has 0 saturated heterocycles. The van der Waals surface area contributed by atoms with Crippen LogP contribution >= 0.6 is 0 Å². The molecule has 1 aromatic heterocycles. The summed E-state index contributed by atoms with van der Waals surface area (Å²) in [4.78, 5) is 23.9. The van der Waals surface area contributed by atoms with E-state index in [0.717, 1.165) is 33.9 Å². The molecule has 3 aromatic rings. The van der Waals surface area contributed by atoms with Crippen LogP contribution in [0, 0.1) is 6.92 Å². The fourth-order valence-electron chi connectivity index (χ4n) is 3.27. The second kappa shape index (κ2) is 7.01. The molecule has 1 heterocycles. The Morgan fingerprint density at radius 3 is 2.44 bits per heavy atom. The van der Waals surface area contributed by atoms with Crippen LogP contribution in [-0.4, -0.2) is 17.5 Å². The number of hydrogen-bond donors (Lipinski definition) is 0. The van der Waals surface area contributed by atoms with Gasteiger partial charge in [-0.05, 0) is 29.5 Å². The molecule has 3 rings (SSSR count). The molecule has 0 aliphatic heterocycles. The van der Waals surface area contributed by atoms with E-state index in [4.69, 9.17) is 0 Å². The summed E-state index contributed by atoms with van der Waals surface area (Å²) < 4.78 is 14.1. The maximum Gasteiger partial charge on any atom is 0.258 e. The Bertz CT molecular complexity index is 987. The Hall–Kier alpha value is -2.75. The highest BCUT2D eigenvalue weighted by Crippen LogP contribution is 2.31. The van der Waals surface area contributed by atoms with E-state index < -0.39 is 6.67 Å². The van der Waals surface area contributed by atoms with E-state index in [1.807, 2.05) is 49.4 Å². The predicted octanol–water partition coefficient (Wildman–Crippen LogP) is 3.77. The summed E-state index contributed by atoms with van der Waals surface area (Å²) >= 11 is 0. The summed E-state index contributed by atoms with van der Waals surface area (Å²) in [5, 5.41) is 1.48. The first-order chi connectivity index (χ1) is 12.1. The third-order valence-corrected chi connectivity index (χ3v) is 4.58. The second-order valence-electron chi connectivity index (χ2n) is 6.24. The van der Waals surface area contributed by atoms with Gasteiger partial charge in [0.25, 0.3) is 5.56 Å². The van der Waals surface area contributed by atoms with Gasteiger partial charge in [-0.2, -0.15) is 0 Å². The molecule has 3 nitrogen and oxygen atoms in total. The molecule has 128 valence electrons. The Kier molecular flexibility index (Phi) is 4.79. The van der Waals surface area contributed by atoms with Gasteiger partial charge in [0.15, 0.2) is 0 Å². The van der Waals surface area contributed by atoms with Gasteiger partial charge in [-0.1, -0.05) is 42.0 Å². The van der Waals surface area contributed by atoms with E-state index in [1.165, 1.54) is 0 Å². The third-order valence-electron chi connectivity index (χ3n) is 4.58. The van der Waals surface area contributed by atoms with E-state index in [9.17, 15) is 14.0 Å². The van der Waals surface area contributed by atoms with Crippen molar-refractivity contribution in [3.05, 3.63) is 69.6 Å². The lowest BCUT2D eigenvalue weighted by molar-refractivity contribution is -0.107. The minimum Gasteiger partial charge on any atom is -0.314 e. The van der Waals surface area contributed by atoms with Crippen molar-refractivity contribution in [3.63, 3.8) is 0 Å². The van der Waals surface area contributed by atoms with Crippen molar-refractivity contribution in [2.75, 3.05) is 6.67 Å². The van der Waals surface area contributed by atoms with Gasteiger partial charge in [0.05, 0.1) is 6.67 Å². The predicted molar refractivity (Wildman–Crippen MR) is 98.8 cm³/mol. The SMILES string of the molecule is Cc1ccc2c(=O)n(C)c(CC=O)c(-c3ccc(CCF)cc3)c2c1. The molecule has 2 aromatic carbocycles. The summed E-state index contributed by atoms with van der Waals surface area (Å²) in [5.74, 6) is 0. The molecule has 0 aliphatic rings. The lowest BCUT2D eigenvalue weighted by Crippen LogP contribution is -2.22. The summed E-state index contributed by atoms with van der Waals surface area (Å²) in [5.41, 5.74) is 4.37. The number of aromatic nitrogens is 1. The third kappa shape index (κ3) is 3.12. The normalized spacial score (nSPS) is 11.0. The van der Waals surface area contributed by atoms with Crippen molar-refractivity contribution >= 4 is 17.1 Å². The molecular weight excluding hydrogens is 317 g/mol. The molecule has 25 heavy (non-hydrogen) atoms. The molecule has 0 saturated carbocycles. The van der Waals surface area contributed by atoms with Gasteiger partial charge in [-0.25, -0.2) is 0 Å². The topological polar surface area (TPSA) is 39.1 Å².